The summed E-state index contributed by atoms with van der Waals surface area (Å²) in [5, 5.41) is 16.0. The van der Waals surface area contributed by atoms with Crippen molar-refractivity contribution in [2.75, 3.05) is 0 Å². The number of nitrogens with zero attached hydrogens (tertiary/aromatic N) is 2. The SMILES string of the molecule is O=C(N/N=C/c1ccc(OCc2ccc(Cl)cc2)c(I)c1)c1cc2cc([N+](=O)[O-])ccc2o1. The molecule has 0 aliphatic carbocycles. The van der Waals surface area contributed by atoms with Crippen molar-refractivity contribution in [2.45, 2.75) is 6.61 Å². The molecule has 0 saturated heterocycles. The molecule has 0 atom stereocenters. The summed E-state index contributed by atoms with van der Waals surface area (Å²) >= 11 is 8.06. The smallest absolute Gasteiger partial charge is 0.307 e. The van der Waals surface area contributed by atoms with Gasteiger partial charge in [0.1, 0.15) is 17.9 Å². The maximum absolute atomic E-state index is 12.3. The van der Waals surface area contributed by atoms with Crippen molar-refractivity contribution in [3.63, 3.8) is 0 Å². The lowest BCUT2D eigenvalue weighted by atomic mass is 10.2. The monoisotopic (exact) mass is 575 g/mol. The number of carbonyl (C=O) groups excluding carboxylic acids is 1. The summed E-state index contributed by atoms with van der Waals surface area (Å²) in [4.78, 5) is 22.7. The van der Waals surface area contributed by atoms with Crippen LogP contribution in [0.5, 0.6) is 5.75 Å². The Labute approximate surface area is 206 Å². The van der Waals surface area contributed by atoms with E-state index in [1.54, 1.807) is 0 Å². The van der Waals surface area contributed by atoms with E-state index in [2.05, 4.69) is 33.1 Å². The van der Waals surface area contributed by atoms with E-state index in [4.69, 9.17) is 20.8 Å². The normalized spacial score (nSPS) is 11.1. The number of carbonyl (C=O) groups is 1. The van der Waals surface area contributed by atoms with Crippen LogP contribution in [0.1, 0.15) is 21.7 Å². The maximum atomic E-state index is 12.3. The number of non-ortho nitro benzene ring substituents is 1. The van der Waals surface area contributed by atoms with E-state index in [0.717, 1.165) is 20.4 Å². The highest BCUT2D eigenvalue weighted by Gasteiger charge is 2.14. The van der Waals surface area contributed by atoms with E-state index in [1.165, 1.54) is 30.5 Å². The summed E-state index contributed by atoms with van der Waals surface area (Å²) in [6, 6.07) is 18.5. The fourth-order valence-corrected chi connectivity index (χ4v) is 3.75. The van der Waals surface area contributed by atoms with Gasteiger partial charge in [-0.1, -0.05) is 23.7 Å². The van der Waals surface area contributed by atoms with Crippen molar-refractivity contribution in [3.8, 4) is 5.75 Å². The van der Waals surface area contributed by atoms with Gasteiger partial charge in [0, 0.05) is 22.5 Å². The molecule has 0 fully saturated rings. The Bertz CT molecular complexity index is 1370. The van der Waals surface area contributed by atoms with Crippen LogP contribution in [0.4, 0.5) is 5.69 Å². The number of furan rings is 1. The third kappa shape index (κ3) is 5.68. The summed E-state index contributed by atoms with van der Waals surface area (Å²) in [7, 11) is 0. The fourth-order valence-electron chi connectivity index (χ4n) is 2.93. The summed E-state index contributed by atoms with van der Waals surface area (Å²) in [6.45, 7) is 0.414. The van der Waals surface area contributed by atoms with Gasteiger partial charge in [-0.25, -0.2) is 5.43 Å². The van der Waals surface area contributed by atoms with Crippen LogP contribution in [-0.2, 0) is 6.61 Å². The third-order valence-corrected chi connectivity index (χ3v) is 5.67. The van der Waals surface area contributed by atoms with Crippen molar-refractivity contribution in [2.24, 2.45) is 5.10 Å². The first-order chi connectivity index (χ1) is 15.9. The van der Waals surface area contributed by atoms with E-state index in [0.29, 0.717) is 22.6 Å². The molecule has 0 saturated carbocycles. The second kappa shape index (κ2) is 10.0. The van der Waals surface area contributed by atoms with Crippen LogP contribution in [0.3, 0.4) is 0 Å². The van der Waals surface area contributed by atoms with Crippen molar-refractivity contribution in [1.29, 1.82) is 0 Å². The first kappa shape index (κ1) is 22.7. The molecule has 0 unspecified atom stereocenters. The minimum Gasteiger partial charge on any atom is -0.488 e. The molecular weight excluding hydrogens is 561 g/mol. The van der Waals surface area contributed by atoms with Crippen LogP contribution in [0.25, 0.3) is 11.0 Å². The number of halogens is 2. The minimum absolute atomic E-state index is 0.00294. The summed E-state index contributed by atoms with van der Waals surface area (Å²) in [6.07, 6.45) is 1.50. The van der Waals surface area contributed by atoms with Crippen molar-refractivity contribution in [1.82, 2.24) is 5.43 Å². The number of nitrogens with one attached hydrogen (secondary N) is 1. The Balaban J connectivity index is 1.37. The molecule has 33 heavy (non-hydrogen) atoms. The number of amides is 1. The first-order valence-corrected chi connectivity index (χ1v) is 11.0. The molecule has 1 aromatic heterocycles. The Kier molecular flexibility index (Phi) is 6.90. The third-order valence-electron chi connectivity index (χ3n) is 4.58. The molecule has 8 nitrogen and oxygen atoms in total. The van der Waals surface area contributed by atoms with Gasteiger partial charge in [0.15, 0.2) is 5.76 Å². The minimum atomic E-state index is -0.567. The van der Waals surface area contributed by atoms with Gasteiger partial charge in [-0.05, 0) is 76.2 Å². The number of fused-ring (bicyclic) bond motifs is 1. The van der Waals surface area contributed by atoms with E-state index >= 15 is 0 Å². The molecule has 166 valence electrons. The lowest BCUT2D eigenvalue weighted by Gasteiger charge is -2.09. The highest BCUT2D eigenvalue weighted by atomic mass is 127. The van der Waals surface area contributed by atoms with Gasteiger partial charge in [-0.2, -0.15) is 5.10 Å². The molecule has 1 amide bonds. The van der Waals surface area contributed by atoms with Crippen LogP contribution < -0.4 is 10.2 Å². The molecule has 4 rings (SSSR count). The largest absolute Gasteiger partial charge is 0.488 e. The molecule has 0 radical (unpaired) electrons. The zero-order chi connectivity index (χ0) is 23.4. The fraction of sp³-hybridized carbons (Fsp3) is 0.0435. The van der Waals surface area contributed by atoms with Gasteiger partial charge >= 0.3 is 5.91 Å². The Morgan fingerprint density at radius 3 is 2.67 bits per heavy atom. The number of rotatable bonds is 7. The molecular formula is C23H15ClIN3O5. The number of hydrogen-bond acceptors (Lipinski definition) is 6. The van der Waals surface area contributed by atoms with Crippen LogP contribution in [-0.4, -0.2) is 17.0 Å². The first-order valence-electron chi connectivity index (χ1n) is 9.57. The van der Waals surface area contributed by atoms with Crippen molar-refractivity contribution in [3.05, 3.63) is 102 Å². The highest BCUT2D eigenvalue weighted by molar-refractivity contribution is 14.1. The van der Waals surface area contributed by atoms with Crippen molar-refractivity contribution >= 4 is 63.0 Å². The average molecular weight is 576 g/mol. The van der Waals surface area contributed by atoms with Crippen molar-refractivity contribution < 1.29 is 18.9 Å². The predicted molar refractivity (Wildman–Crippen MR) is 133 cm³/mol. The van der Waals surface area contributed by atoms with E-state index in [1.807, 2.05) is 42.5 Å². The molecule has 1 heterocycles. The topological polar surface area (TPSA) is 107 Å². The Morgan fingerprint density at radius 1 is 1.15 bits per heavy atom. The number of hydrogen-bond donors (Lipinski definition) is 1. The number of nitro groups is 1. The Morgan fingerprint density at radius 2 is 1.94 bits per heavy atom. The quantitative estimate of drug-likeness (QED) is 0.127. The van der Waals surface area contributed by atoms with E-state index in [-0.39, 0.29) is 11.4 Å². The maximum Gasteiger partial charge on any atom is 0.307 e. The second-order valence-electron chi connectivity index (χ2n) is 6.89. The molecule has 0 bridgehead atoms. The molecule has 0 aliphatic rings. The van der Waals surface area contributed by atoms with E-state index < -0.39 is 10.8 Å². The van der Waals surface area contributed by atoms with Crippen LogP contribution in [0.15, 0.2) is 76.2 Å². The summed E-state index contributed by atoms with van der Waals surface area (Å²) < 4.78 is 12.2. The molecule has 3 aromatic carbocycles. The standard InChI is InChI=1S/C23H15ClIN3O5/c24-17-4-1-14(2-5-17)13-32-21-7-3-15(9-19(21)25)12-26-27-23(29)22-11-16-10-18(28(30)31)6-8-20(16)33-22/h1-12H,13H2,(H,27,29)/b26-12+. The molecule has 0 spiro atoms. The highest BCUT2D eigenvalue weighted by Crippen LogP contribution is 2.25. The van der Waals surface area contributed by atoms with Gasteiger partial charge in [0.25, 0.3) is 5.69 Å². The van der Waals surface area contributed by atoms with Crippen LogP contribution >= 0.6 is 34.2 Å². The summed E-state index contributed by atoms with van der Waals surface area (Å²) in [5.41, 5.74) is 4.45. The average Bonchev–Trinajstić information content (AvgIpc) is 3.23. The molecule has 0 aliphatic heterocycles. The van der Waals surface area contributed by atoms with Crippen LogP contribution in [0, 0.1) is 13.7 Å². The van der Waals surface area contributed by atoms with Gasteiger partial charge in [-0.3, -0.25) is 14.9 Å². The number of nitro benzene ring substituents is 1. The number of benzene rings is 3. The zero-order valence-electron chi connectivity index (χ0n) is 16.8. The van der Waals surface area contributed by atoms with Crippen LogP contribution in [0.2, 0.25) is 5.02 Å². The lowest BCUT2D eigenvalue weighted by molar-refractivity contribution is -0.384. The molecule has 10 heteroatoms. The molecule has 1 N–H and O–H groups in total. The van der Waals surface area contributed by atoms with E-state index in [9.17, 15) is 14.9 Å². The summed E-state index contributed by atoms with van der Waals surface area (Å²) in [5.74, 6) is 0.161. The number of ether oxygens (including phenoxy) is 1. The van der Waals surface area contributed by atoms with Gasteiger partial charge in [-0.15, -0.1) is 0 Å². The Hall–Kier alpha value is -3.44. The lowest BCUT2D eigenvalue weighted by Crippen LogP contribution is -2.16. The second-order valence-corrected chi connectivity index (χ2v) is 8.49. The van der Waals surface area contributed by atoms with Gasteiger partial charge in [0.2, 0.25) is 0 Å². The zero-order valence-corrected chi connectivity index (χ0v) is 19.7. The predicted octanol–water partition coefficient (Wildman–Crippen LogP) is 5.94. The molecule has 4 aromatic rings. The van der Waals surface area contributed by atoms with Gasteiger partial charge in [0.05, 0.1) is 14.7 Å². The van der Waals surface area contributed by atoms with Gasteiger partial charge < -0.3 is 9.15 Å². The number of hydrazone groups is 1.